The third kappa shape index (κ3) is 3.74. The summed E-state index contributed by atoms with van der Waals surface area (Å²) in [5.41, 5.74) is -3.33. The second kappa shape index (κ2) is 5.97. The van der Waals surface area contributed by atoms with E-state index in [0.717, 1.165) is 0 Å². The largest absolute Gasteiger partial charge is 0.462 e. The number of hydrogen-bond donors (Lipinski definition) is 0. The number of esters is 1. The molecule has 106 valence electrons. The minimum absolute atomic E-state index is 0.0847. The van der Waals surface area contributed by atoms with E-state index in [-0.39, 0.29) is 10.2 Å². The van der Waals surface area contributed by atoms with Gasteiger partial charge in [-0.25, -0.2) is 18.6 Å². The molecule has 0 spiro atoms. The monoisotopic (exact) mass is 395 g/mol. The van der Waals surface area contributed by atoms with Crippen LogP contribution in [0, 0.1) is 3.57 Å². The van der Waals surface area contributed by atoms with Crippen molar-refractivity contribution in [1.29, 1.82) is 0 Å². The van der Waals surface area contributed by atoms with Crippen LogP contribution in [-0.2, 0) is 10.9 Å². The van der Waals surface area contributed by atoms with E-state index in [4.69, 9.17) is 0 Å². The number of hydrogen-bond acceptors (Lipinski definition) is 3. The summed E-state index contributed by atoms with van der Waals surface area (Å²) in [5, 5.41) is 0. The van der Waals surface area contributed by atoms with Gasteiger partial charge in [0.25, 0.3) is 6.43 Å². The molecule has 0 saturated heterocycles. The summed E-state index contributed by atoms with van der Waals surface area (Å²) in [5.74, 6) is -1.12. The predicted octanol–water partition coefficient (Wildman–Crippen LogP) is 3.82. The molecule has 0 unspecified atom stereocenters. The molecule has 9 heteroatoms. The summed E-state index contributed by atoms with van der Waals surface area (Å²) in [7, 11) is 0. The molecule has 0 aliphatic carbocycles. The molecule has 0 atom stereocenters. The summed E-state index contributed by atoms with van der Waals surface area (Å²) in [6, 6.07) is 0.526. The highest BCUT2D eigenvalue weighted by molar-refractivity contribution is 14.1. The van der Waals surface area contributed by atoms with Gasteiger partial charge in [-0.05, 0) is 35.6 Å². The first-order chi connectivity index (χ1) is 8.68. The molecule has 0 N–H and O–H groups in total. The van der Waals surface area contributed by atoms with Crippen LogP contribution in [0.4, 0.5) is 22.0 Å². The zero-order chi connectivity index (χ0) is 14.8. The van der Waals surface area contributed by atoms with Gasteiger partial charge in [-0.15, -0.1) is 0 Å². The molecule has 3 nitrogen and oxygen atoms in total. The summed E-state index contributed by atoms with van der Waals surface area (Å²) in [6.45, 7) is 1.36. The van der Waals surface area contributed by atoms with Crippen LogP contribution >= 0.6 is 22.6 Å². The van der Waals surface area contributed by atoms with Crippen molar-refractivity contribution in [3.05, 3.63) is 26.6 Å². The fraction of sp³-hybridized carbons (Fsp3) is 0.400. The average Bonchev–Trinajstić information content (AvgIpc) is 2.26. The van der Waals surface area contributed by atoms with E-state index in [2.05, 4.69) is 9.72 Å². The fourth-order valence-electron chi connectivity index (χ4n) is 1.24. The van der Waals surface area contributed by atoms with Crippen molar-refractivity contribution in [2.75, 3.05) is 6.61 Å². The van der Waals surface area contributed by atoms with E-state index in [9.17, 15) is 26.7 Å². The SMILES string of the molecule is CCOC(=O)c1c(I)cc(C(F)(F)F)nc1C(F)F. The van der Waals surface area contributed by atoms with Gasteiger partial charge < -0.3 is 4.74 Å². The first-order valence-electron chi connectivity index (χ1n) is 4.91. The molecule has 0 saturated carbocycles. The Labute approximate surface area is 118 Å². The molecule has 0 amide bonds. The van der Waals surface area contributed by atoms with Gasteiger partial charge in [-0.2, -0.15) is 13.2 Å². The second-order valence-corrected chi connectivity index (χ2v) is 4.43. The van der Waals surface area contributed by atoms with Crippen LogP contribution in [0.3, 0.4) is 0 Å². The molecule has 1 aromatic rings. The van der Waals surface area contributed by atoms with Crippen molar-refractivity contribution in [3.8, 4) is 0 Å². The van der Waals surface area contributed by atoms with Gasteiger partial charge in [-0.1, -0.05) is 0 Å². The Hall–Kier alpha value is -1.00. The Balaban J connectivity index is 3.44. The van der Waals surface area contributed by atoms with Crippen molar-refractivity contribution >= 4 is 28.6 Å². The molecule has 1 rings (SSSR count). The van der Waals surface area contributed by atoms with E-state index in [0.29, 0.717) is 6.07 Å². The zero-order valence-electron chi connectivity index (χ0n) is 9.39. The first-order valence-corrected chi connectivity index (χ1v) is 5.99. The third-order valence-electron chi connectivity index (χ3n) is 1.98. The number of alkyl halides is 5. The maximum atomic E-state index is 12.7. The Morgan fingerprint density at radius 3 is 2.47 bits per heavy atom. The van der Waals surface area contributed by atoms with Crippen LogP contribution in [0.5, 0.6) is 0 Å². The van der Waals surface area contributed by atoms with E-state index in [1.165, 1.54) is 29.5 Å². The smallest absolute Gasteiger partial charge is 0.433 e. The Morgan fingerprint density at radius 2 is 2.05 bits per heavy atom. The molecule has 0 aromatic carbocycles. The van der Waals surface area contributed by atoms with Gasteiger partial charge in [0.15, 0.2) is 0 Å². The average molecular weight is 395 g/mol. The highest BCUT2D eigenvalue weighted by atomic mass is 127. The molecule has 19 heavy (non-hydrogen) atoms. The molecular weight excluding hydrogens is 388 g/mol. The molecular formula is C10H7F5INO2. The minimum atomic E-state index is -4.86. The number of rotatable bonds is 3. The maximum Gasteiger partial charge on any atom is 0.433 e. The van der Waals surface area contributed by atoms with Crippen molar-refractivity contribution < 1.29 is 31.5 Å². The highest BCUT2D eigenvalue weighted by Crippen LogP contribution is 2.33. The summed E-state index contributed by atoms with van der Waals surface area (Å²) < 4.78 is 67.1. The van der Waals surface area contributed by atoms with Crippen LogP contribution in [0.15, 0.2) is 6.07 Å². The van der Waals surface area contributed by atoms with Gasteiger partial charge in [0.1, 0.15) is 17.0 Å². The van der Waals surface area contributed by atoms with E-state index in [1.54, 1.807) is 0 Å². The van der Waals surface area contributed by atoms with Crippen LogP contribution in [0.2, 0.25) is 0 Å². The highest BCUT2D eigenvalue weighted by Gasteiger charge is 2.36. The quantitative estimate of drug-likeness (QED) is 0.444. The number of halogens is 6. The molecule has 1 aromatic heterocycles. The predicted molar refractivity (Wildman–Crippen MR) is 62.9 cm³/mol. The van der Waals surface area contributed by atoms with Gasteiger partial charge in [0, 0.05) is 3.57 Å². The van der Waals surface area contributed by atoms with Crippen LogP contribution in [0.25, 0.3) is 0 Å². The first kappa shape index (κ1) is 16.1. The van der Waals surface area contributed by atoms with Crippen LogP contribution < -0.4 is 0 Å². The molecule has 0 aliphatic heterocycles. The fourth-order valence-corrected chi connectivity index (χ4v) is 2.03. The van der Waals surface area contributed by atoms with Gasteiger partial charge in [-0.3, -0.25) is 0 Å². The van der Waals surface area contributed by atoms with Crippen molar-refractivity contribution in [2.45, 2.75) is 19.5 Å². The summed E-state index contributed by atoms with van der Waals surface area (Å²) >= 11 is 1.37. The van der Waals surface area contributed by atoms with Crippen molar-refractivity contribution in [3.63, 3.8) is 0 Å². The summed E-state index contributed by atoms with van der Waals surface area (Å²) in [4.78, 5) is 14.3. The second-order valence-electron chi connectivity index (χ2n) is 3.27. The standard InChI is InChI=1S/C10H7F5INO2/c1-2-19-9(18)6-4(16)3-5(10(13,14)15)17-7(6)8(11)12/h3,8H,2H2,1H3. The number of carbonyl (C=O) groups excluding carboxylic acids is 1. The van der Waals surface area contributed by atoms with Crippen molar-refractivity contribution in [1.82, 2.24) is 4.98 Å². The topological polar surface area (TPSA) is 39.2 Å². The number of nitrogens with zero attached hydrogens (tertiary/aromatic N) is 1. The number of pyridine rings is 1. The Bertz CT molecular complexity index is 490. The maximum absolute atomic E-state index is 12.7. The lowest BCUT2D eigenvalue weighted by Gasteiger charge is -2.13. The van der Waals surface area contributed by atoms with Gasteiger partial charge in [0.2, 0.25) is 0 Å². The van der Waals surface area contributed by atoms with Crippen LogP contribution in [-0.4, -0.2) is 17.6 Å². The zero-order valence-corrected chi connectivity index (χ0v) is 11.6. The molecule has 0 radical (unpaired) electrons. The van der Waals surface area contributed by atoms with Gasteiger partial charge in [0.05, 0.1) is 6.61 Å². The van der Waals surface area contributed by atoms with Crippen molar-refractivity contribution in [2.24, 2.45) is 0 Å². The number of carbonyl (C=O) groups is 1. The van der Waals surface area contributed by atoms with E-state index in [1.807, 2.05) is 0 Å². The molecule has 1 heterocycles. The number of ether oxygens (including phenoxy) is 1. The van der Waals surface area contributed by atoms with E-state index < -0.39 is 35.5 Å². The lowest BCUT2D eigenvalue weighted by atomic mass is 10.1. The number of aromatic nitrogens is 1. The minimum Gasteiger partial charge on any atom is -0.462 e. The Morgan fingerprint density at radius 1 is 1.47 bits per heavy atom. The third-order valence-corrected chi connectivity index (χ3v) is 2.83. The van der Waals surface area contributed by atoms with Crippen LogP contribution in [0.1, 0.15) is 35.1 Å². The van der Waals surface area contributed by atoms with E-state index >= 15 is 0 Å². The lowest BCUT2D eigenvalue weighted by molar-refractivity contribution is -0.141. The molecule has 0 fully saturated rings. The van der Waals surface area contributed by atoms with Gasteiger partial charge >= 0.3 is 12.1 Å². The lowest BCUT2D eigenvalue weighted by Crippen LogP contribution is -2.17. The molecule has 0 aliphatic rings. The Kier molecular flexibility index (Phi) is 5.04. The molecule has 0 bridgehead atoms. The summed E-state index contributed by atoms with van der Waals surface area (Å²) in [6.07, 6.45) is -8.17. The normalized spacial score (nSPS) is 11.8.